The highest BCUT2D eigenvalue weighted by Crippen LogP contribution is 2.33. The molecule has 0 aromatic rings. The third-order valence-corrected chi connectivity index (χ3v) is 21.2. The zero-order chi connectivity index (χ0) is 81.0. The van der Waals surface area contributed by atoms with E-state index in [9.17, 15) is 61.0 Å². The maximum Gasteiger partial charge on any atom is 0.220 e. The molecule has 17 atom stereocenters. The molecule has 0 radical (unpaired) electrons. The number of carbonyl (C=O) groups is 1. The smallest absolute Gasteiger partial charge is 0.220 e. The van der Waals surface area contributed by atoms with Gasteiger partial charge in [-0.2, -0.15) is 0 Å². The molecular weight excluding hydrogens is 1420 g/mol. The molecule has 17 unspecified atom stereocenters. The molecule has 1 amide bonds. The van der Waals surface area contributed by atoms with E-state index in [-0.39, 0.29) is 18.9 Å². The second-order valence-corrected chi connectivity index (χ2v) is 31.0. The molecule has 0 bridgehead atoms. The van der Waals surface area contributed by atoms with Crippen molar-refractivity contribution >= 4 is 5.91 Å². The van der Waals surface area contributed by atoms with Crippen LogP contribution < -0.4 is 5.32 Å². The van der Waals surface area contributed by atoms with Crippen molar-refractivity contribution in [1.82, 2.24) is 5.32 Å². The maximum atomic E-state index is 13.5. The number of hydrogen-bond donors (Lipinski definition) is 12. The number of allylic oxidation sites excluding steroid dienone is 22. The minimum atomic E-state index is -1.98. The molecule has 3 aliphatic rings. The second kappa shape index (κ2) is 71.1. The summed E-state index contributed by atoms with van der Waals surface area (Å²) in [6.07, 6.45) is 75.4. The van der Waals surface area contributed by atoms with Crippen LogP contribution in [-0.4, -0.2) is 193 Å². The molecule has 3 fully saturated rings. The Morgan fingerprint density at radius 3 is 0.964 bits per heavy atom. The van der Waals surface area contributed by atoms with Gasteiger partial charge >= 0.3 is 0 Å². The molecule has 0 saturated carbocycles. The highest BCUT2D eigenvalue weighted by atomic mass is 16.8. The lowest BCUT2D eigenvalue weighted by Crippen LogP contribution is -2.66. The van der Waals surface area contributed by atoms with Crippen LogP contribution in [0.4, 0.5) is 0 Å². The molecule has 0 spiro atoms. The van der Waals surface area contributed by atoms with E-state index in [4.69, 9.17) is 28.4 Å². The largest absolute Gasteiger partial charge is 0.394 e. The average molecular weight is 1580 g/mol. The highest BCUT2D eigenvalue weighted by molar-refractivity contribution is 5.76. The number of aliphatic hydroxyl groups is 11. The van der Waals surface area contributed by atoms with Gasteiger partial charge in [0.1, 0.15) is 73.2 Å². The lowest BCUT2D eigenvalue weighted by Gasteiger charge is -2.48. The molecule has 0 aromatic carbocycles. The first-order valence-electron chi connectivity index (χ1n) is 44.4. The van der Waals surface area contributed by atoms with Crippen molar-refractivity contribution in [3.8, 4) is 0 Å². The van der Waals surface area contributed by atoms with Crippen LogP contribution in [-0.2, 0) is 33.2 Å². The van der Waals surface area contributed by atoms with Gasteiger partial charge in [0.25, 0.3) is 0 Å². The van der Waals surface area contributed by atoms with Gasteiger partial charge in [-0.05, 0) is 96.3 Å². The summed E-state index contributed by atoms with van der Waals surface area (Å²) >= 11 is 0. The van der Waals surface area contributed by atoms with Crippen LogP contribution >= 0.6 is 0 Å². The lowest BCUT2D eigenvalue weighted by molar-refractivity contribution is -0.379. The number of nitrogens with one attached hydrogen (secondary N) is 1. The molecule has 0 aliphatic carbocycles. The summed E-state index contributed by atoms with van der Waals surface area (Å²) in [6.45, 7) is 1.70. The Bertz CT molecular complexity index is 2540. The first kappa shape index (κ1) is 102. The fourth-order valence-corrected chi connectivity index (χ4v) is 14.2. The van der Waals surface area contributed by atoms with E-state index in [2.05, 4.69) is 153 Å². The van der Waals surface area contributed by atoms with Crippen molar-refractivity contribution in [3.63, 3.8) is 0 Å². The van der Waals surface area contributed by atoms with Gasteiger partial charge in [-0.15, -0.1) is 0 Å². The first-order chi connectivity index (χ1) is 54.8. The van der Waals surface area contributed by atoms with Gasteiger partial charge in [0.15, 0.2) is 18.9 Å². The summed E-state index contributed by atoms with van der Waals surface area (Å²) in [5.41, 5.74) is 0. The van der Waals surface area contributed by atoms with Crippen LogP contribution in [0.5, 0.6) is 0 Å². The molecule has 12 N–H and O–H groups in total. The van der Waals surface area contributed by atoms with Crippen LogP contribution in [0, 0.1) is 0 Å². The first-order valence-corrected chi connectivity index (χ1v) is 44.4. The number of carbonyl (C=O) groups excluding carboxylic acids is 1. The van der Waals surface area contributed by atoms with Crippen LogP contribution in [0.1, 0.15) is 316 Å². The standard InChI is InChI=1S/C93H159NO18/c1-3-5-7-9-11-13-15-17-19-21-23-25-27-29-31-33-34-35-36-37-38-39-40-41-42-43-45-47-49-51-53-55-57-59-61-63-65-67-69-71-81(99)94-76(77(98)70-68-66-64-62-60-58-56-54-52-50-48-46-44-32-30-28-26-24-22-20-18-16-14-12-10-8-6-4-2)75-107-91-87(105)84(102)89(79(73-96)109-91)112-93-88(106)85(103)90(80(74-97)110-93)111-92-86(104)83(101)82(100)78(72-95)108-92/h5,7,11,13,17,19,23,25,29,31,34-35,37-38,40-41,43,45,49,51,55,57,76-80,82-93,95-98,100-106H,3-4,6,8-10,12,14-16,18,20-22,24,26-28,30,32-33,36,39,42,44,46-48,50,52-54,56,58-75H2,1-2H3,(H,94,99)/b7-5-,13-11-,19-17-,25-23-,31-29-,35-34-,38-37-,41-40-,45-43-,51-49-,57-55-. The topological polar surface area (TPSA) is 307 Å². The summed E-state index contributed by atoms with van der Waals surface area (Å²) in [7, 11) is 0. The SMILES string of the molecule is CC/C=C\C/C=C\C/C=C\C/C=C\C/C=C\C/C=C\C/C=C\C/C=C\C/C=C\C/C=C\C/C=C\CCCCCCCC(=O)NC(COC1OC(CO)C(OC2OC(CO)C(OC3OC(CO)C(O)C(O)C3O)C(O)C2O)C(O)C1O)C(O)CCCCCCCCCCCCCCCCCCCCCCCCCCCCCC. The van der Waals surface area contributed by atoms with Crippen molar-refractivity contribution < 1.29 is 89.4 Å². The van der Waals surface area contributed by atoms with Crippen molar-refractivity contribution in [2.75, 3.05) is 26.4 Å². The monoisotopic (exact) mass is 1580 g/mol. The molecule has 19 heteroatoms. The van der Waals surface area contributed by atoms with Crippen LogP contribution in [0.2, 0.25) is 0 Å². The molecule has 3 aliphatic heterocycles. The van der Waals surface area contributed by atoms with Crippen molar-refractivity contribution in [3.05, 3.63) is 134 Å². The lowest BCUT2D eigenvalue weighted by atomic mass is 9.96. The Hall–Kier alpha value is -4.07. The number of ether oxygens (including phenoxy) is 6. The quantitative estimate of drug-likeness (QED) is 0.0199. The summed E-state index contributed by atoms with van der Waals surface area (Å²) in [6, 6.07) is -0.910. The fraction of sp³-hybridized carbons (Fsp3) is 0.753. The van der Waals surface area contributed by atoms with Crippen molar-refractivity contribution in [2.45, 2.75) is 420 Å². The Balaban J connectivity index is 1.35. The second-order valence-electron chi connectivity index (χ2n) is 31.0. The Morgan fingerprint density at radius 2 is 0.616 bits per heavy atom. The summed E-state index contributed by atoms with van der Waals surface area (Å²) in [5, 5.41) is 121. The number of aliphatic hydroxyl groups excluding tert-OH is 11. The molecule has 3 saturated heterocycles. The zero-order valence-electron chi connectivity index (χ0n) is 69.4. The van der Waals surface area contributed by atoms with E-state index in [1.54, 1.807) is 0 Å². The predicted molar refractivity (Wildman–Crippen MR) is 452 cm³/mol. The van der Waals surface area contributed by atoms with Gasteiger partial charge in [0.2, 0.25) is 5.91 Å². The average Bonchev–Trinajstić information content (AvgIpc) is 0.780. The predicted octanol–water partition coefficient (Wildman–Crippen LogP) is 16.8. The molecule has 644 valence electrons. The van der Waals surface area contributed by atoms with E-state index in [0.29, 0.717) is 12.8 Å². The van der Waals surface area contributed by atoms with E-state index in [0.717, 1.165) is 128 Å². The highest BCUT2D eigenvalue weighted by Gasteiger charge is 2.54. The van der Waals surface area contributed by atoms with Gasteiger partial charge < -0.3 is 89.9 Å². The maximum absolute atomic E-state index is 13.5. The summed E-state index contributed by atoms with van der Waals surface area (Å²) < 4.78 is 34.6. The Labute approximate surface area is 677 Å². The van der Waals surface area contributed by atoms with E-state index < -0.39 is 124 Å². The molecule has 0 aromatic heterocycles. The third kappa shape index (κ3) is 49.2. The normalized spacial score (nSPS) is 25.6. The van der Waals surface area contributed by atoms with E-state index >= 15 is 0 Å². The van der Waals surface area contributed by atoms with Gasteiger partial charge in [0, 0.05) is 6.42 Å². The molecule has 19 nitrogen and oxygen atoms in total. The minimum absolute atomic E-state index is 0.236. The minimum Gasteiger partial charge on any atom is -0.394 e. The van der Waals surface area contributed by atoms with Crippen molar-refractivity contribution in [2.24, 2.45) is 0 Å². The van der Waals surface area contributed by atoms with Crippen LogP contribution in [0.15, 0.2) is 134 Å². The number of rotatable bonds is 70. The zero-order valence-corrected chi connectivity index (χ0v) is 69.4. The van der Waals surface area contributed by atoms with Crippen LogP contribution in [0.25, 0.3) is 0 Å². The fourth-order valence-electron chi connectivity index (χ4n) is 14.2. The number of amides is 1. The molecule has 3 rings (SSSR count). The molecular formula is C93H159NO18. The van der Waals surface area contributed by atoms with Crippen molar-refractivity contribution in [1.29, 1.82) is 0 Å². The molecule has 112 heavy (non-hydrogen) atoms. The Kier molecular flexibility index (Phi) is 64.8. The van der Waals surface area contributed by atoms with Gasteiger partial charge in [-0.25, -0.2) is 0 Å². The third-order valence-electron chi connectivity index (χ3n) is 21.2. The summed E-state index contributed by atoms with van der Waals surface area (Å²) in [5.74, 6) is -0.263. The van der Waals surface area contributed by atoms with E-state index in [1.165, 1.54) is 154 Å². The molecule has 3 heterocycles. The number of unbranched alkanes of at least 4 members (excludes halogenated alkanes) is 32. The van der Waals surface area contributed by atoms with Gasteiger partial charge in [-0.3, -0.25) is 4.79 Å². The number of hydrogen-bond acceptors (Lipinski definition) is 18. The summed E-state index contributed by atoms with van der Waals surface area (Å²) in [4.78, 5) is 13.5. The van der Waals surface area contributed by atoms with Gasteiger partial charge in [-0.1, -0.05) is 347 Å². The van der Waals surface area contributed by atoms with Crippen LogP contribution in [0.3, 0.4) is 0 Å². The Morgan fingerprint density at radius 1 is 0.330 bits per heavy atom. The van der Waals surface area contributed by atoms with Gasteiger partial charge in [0.05, 0.1) is 38.6 Å². The van der Waals surface area contributed by atoms with E-state index in [1.807, 2.05) is 0 Å².